The van der Waals surface area contributed by atoms with E-state index in [4.69, 9.17) is 5.73 Å². The Morgan fingerprint density at radius 1 is 1.53 bits per heavy atom. The molecule has 15 heavy (non-hydrogen) atoms. The maximum absolute atomic E-state index is 11.5. The molecule has 82 valence electrons. The van der Waals surface area contributed by atoms with Gasteiger partial charge in [0.05, 0.1) is 0 Å². The maximum Gasteiger partial charge on any atom is 0.188 e. The average Bonchev–Trinajstić information content (AvgIpc) is 2.84. The van der Waals surface area contributed by atoms with Crippen LogP contribution in [0.3, 0.4) is 0 Å². The number of nitrogen functional groups attached to an aromatic ring is 1. The molecule has 4 nitrogen and oxygen atoms in total. The predicted octanol–water partition coefficient (Wildman–Crippen LogP) is 1.92. The third-order valence-corrected chi connectivity index (χ3v) is 3.77. The van der Waals surface area contributed by atoms with Crippen molar-refractivity contribution in [3.05, 3.63) is 4.88 Å². The van der Waals surface area contributed by atoms with Crippen molar-refractivity contribution in [2.75, 3.05) is 23.7 Å². The normalized spacial score (nSPS) is 15.9. The first-order valence-corrected chi connectivity index (χ1v) is 6.08. The molecular formula is C10H15N3OS. The van der Waals surface area contributed by atoms with Gasteiger partial charge in [-0.2, -0.15) is 0 Å². The van der Waals surface area contributed by atoms with E-state index in [1.807, 2.05) is 6.92 Å². The molecule has 0 spiro atoms. The Morgan fingerprint density at radius 2 is 2.20 bits per heavy atom. The van der Waals surface area contributed by atoms with E-state index in [1.165, 1.54) is 24.2 Å². The first-order valence-electron chi connectivity index (χ1n) is 5.26. The van der Waals surface area contributed by atoms with Crippen LogP contribution in [-0.4, -0.2) is 23.9 Å². The molecule has 1 aromatic heterocycles. The van der Waals surface area contributed by atoms with Crippen LogP contribution in [0.15, 0.2) is 0 Å². The van der Waals surface area contributed by atoms with Crippen LogP contribution >= 0.6 is 11.3 Å². The molecule has 1 fully saturated rings. The highest BCUT2D eigenvalue weighted by molar-refractivity contribution is 7.18. The van der Waals surface area contributed by atoms with Gasteiger partial charge >= 0.3 is 0 Å². The fraction of sp³-hybridized carbons (Fsp3) is 0.600. The lowest BCUT2D eigenvalue weighted by Crippen LogP contribution is -2.17. The van der Waals surface area contributed by atoms with Crippen LogP contribution in [0, 0.1) is 0 Å². The summed E-state index contributed by atoms with van der Waals surface area (Å²) >= 11 is 1.43. The van der Waals surface area contributed by atoms with Crippen molar-refractivity contribution in [2.45, 2.75) is 26.2 Å². The smallest absolute Gasteiger partial charge is 0.188 e. The van der Waals surface area contributed by atoms with Gasteiger partial charge in [-0.05, 0) is 12.8 Å². The Hall–Kier alpha value is -1.10. The second-order valence-corrected chi connectivity index (χ2v) is 4.66. The quantitative estimate of drug-likeness (QED) is 0.798. The molecule has 2 heterocycles. The van der Waals surface area contributed by atoms with Crippen molar-refractivity contribution >= 4 is 28.1 Å². The minimum atomic E-state index is 0.0930. The summed E-state index contributed by atoms with van der Waals surface area (Å²) < 4.78 is 0. The van der Waals surface area contributed by atoms with Gasteiger partial charge in [0.25, 0.3) is 0 Å². The molecule has 0 saturated carbocycles. The van der Waals surface area contributed by atoms with Gasteiger partial charge in [0.1, 0.15) is 10.7 Å². The zero-order valence-corrected chi connectivity index (χ0v) is 9.64. The molecule has 0 atom stereocenters. The van der Waals surface area contributed by atoms with E-state index < -0.39 is 0 Å². The number of thiazole rings is 1. The maximum atomic E-state index is 11.5. The van der Waals surface area contributed by atoms with Gasteiger partial charge in [-0.3, -0.25) is 4.79 Å². The lowest BCUT2D eigenvalue weighted by atomic mass is 10.3. The number of hydrogen-bond acceptors (Lipinski definition) is 5. The lowest BCUT2D eigenvalue weighted by molar-refractivity contribution is 0.0992. The molecule has 0 unspecified atom stereocenters. The first kappa shape index (κ1) is 10.4. The van der Waals surface area contributed by atoms with Crippen molar-refractivity contribution in [2.24, 2.45) is 0 Å². The second kappa shape index (κ2) is 4.18. The summed E-state index contributed by atoms with van der Waals surface area (Å²) in [5, 5.41) is 0.904. The number of ketones is 1. The summed E-state index contributed by atoms with van der Waals surface area (Å²) in [5.41, 5.74) is 5.74. The zero-order valence-electron chi connectivity index (χ0n) is 8.82. The van der Waals surface area contributed by atoms with Gasteiger partial charge in [-0.25, -0.2) is 4.98 Å². The highest BCUT2D eigenvalue weighted by atomic mass is 32.1. The van der Waals surface area contributed by atoms with Crippen molar-refractivity contribution in [3.63, 3.8) is 0 Å². The molecule has 1 aliphatic rings. The van der Waals surface area contributed by atoms with Gasteiger partial charge in [-0.15, -0.1) is 0 Å². The summed E-state index contributed by atoms with van der Waals surface area (Å²) in [7, 11) is 0. The number of nitrogens with zero attached hydrogens (tertiary/aromatic N) is 2. The van der Waals surface area contributed by atoms with Gasteiger partial charge < -0.3 is 10.6 Å². The SMILES string of the molecule is CCC(=O)c1sc(N2CCCC2)nc1N. The van der Waals surface area contributed by atoms with Crippen LogP contribution in [0.25, 0.3) is 0 Å². The molecule has 1 aliphatic heterocycles. The minimum Gasteiger partial charge on any atom is -0.382 e. The summed E-state index contributed by atoms with van der Waals surface area (Å²) in [6.07, 6.45) is 2.90. The third kappa shape index (κ3) is 1.97. The molecular weight excluding hydrogens is 210 g/mol. The molecule has 2 N–H and O–H groups in total. The van der Waals surface area contributed by atoms with E-state index in [0.717, 1.165) is 18.2 Å². The third-order valence-electron chi connectivity index (χ3n) is 2.59. The molecule has 0 radical (unpaired) electrons. The highest BCUT2D eigenvalue weighted by Crippen LogP contribution is 2.30. The number of rotatable bonds is 3. The number of nitrogens with two attached hydrogens (primary N) is 1. The van der Waals surface area contributed by atoms with Crippen molar-refractivity contribution < 1.29 is 4.79 Å². The Morgan fingerprint density at radius 3 is 2.80 bits per heavy atom. The largest absolute Gasteiger partial charge is 0.382 e. The Kier molecular flexibility index (Phi) is 2.90. The summed E-state index contributed by atoms with van der Waals surface area (Å²) in [6, 6.07) is 0. The van der Waals surface area contributed by atoms with Crippen LogP contribution in [0.2, 0.25) is 0 Å². The van der Waals surface area contributed by atoms with Crippen LogP contribution in [-0.2, 0) is 0 Å². The Bertz CT molecular complexity index is 369. The van der Waals surface area contributed by atoms with Gasteiger partial charge in [0, 0.05) is 19.5 Å². The molecule has 0 amide bonds. The van der Waals surface area contributed by atoms with E-state index in [0.29, 0.717) is 17.1 Å². The van der Waals surface area contributed by atoms with Crippen molar-refractivity contribution in [1.82, 2.24) is 4.98 Å². The standard InChI is InChI=1S/C10H15N3OS/c1-2-7(14)8-9(11)12-10(15-8)13-5-3-4-6-13/h2-6,11H2,1H3. The summed E-state index contributed by atoms with van der Waals surface area (Å²) in [4.78, 5) is 18.6. The van der Waals surface area contributed by atoms with E-state index in [9.17, 15) is 4.79 Å². The van der Waals surface area contributed by atoms with E-state index in [1.54, 1.807) is 0 Å². The average molecular weight is 225 g/mol. The van der Waals surface area contributed by atoms with Gasteiger partial charge in [0.15, 0.2) is 10.9 Å². The molecule has 5 heteroatoms. The van der Waals surface area contributed by atoms with Gasteiger partial charge in [-0.1, -0.05) is 18.3 Å². The van der Waals surface area contributed by atoms with Crippen molar-refractivity contribution in [3.8, 4) is 0 Å². The number of Topliss-reactive ketones (excluding diaryl/α,β-unsaturated/α-hetero) is 1. The summed E-state index contributed by atoms with van der Waals surface area (Å²) in [6.45, 7) is 3.91. The van der Waals surface area contributed by atoms with E-state index >= 15 is 0 Å². The van der Waals surface area contributed by atoms with Crippen molar-refractivity contribution in [1.29, 1.82) is 0 Å². The number of anilines is 2. The van der Waals surface area contributed by atoms with Crippen LogP contribution < -0.4 is 10.6 Å². The molecule has 0 bridgehead atoms. The topological polar surface area (TPSA) is 59.2 Å². The van der Waals surface area contributed by atoms with Crippen LogP contribution in [0.4, 0.5) is 10.9 Å². The van der Waals surface area contributed by atoms with Crippen LogP contribution in [0.5, 0.6) is 0 Å². The van der Waals surface area contributed by atoms with Gasteiger partial charge in [0.2, 0.25) is 0 Å². The predicted molar refractivity (Wildman–Crippen MR) is 62.6 cm³/mol. The number of aromatic nitrogens is 1. The monoisotopic (exact) mass is 225 g/mol. The zero-order chi connectivity index (χ0) is 10.8. The van der Waals surface area contributed by atoms with E-state index in [-0.39, 0.29) is 5.78 Å². The molecule has 1 aromatic rings. The minimum absolute atomic E-state index is 0.0930. The Labute approximate surface area is 93.1 Å². The number of carbonyl (C=O) groups is 1. The first-order chi connectivity index (χ1) is 7.22. The number of hydrogen-bond donors (Lipinski definition) is 1. The Balaban J connectivity index is 2.23. The fourth-order valence-corrected chi connectivity index (χ4v) is 2.77. The number of carbonyl (C=O) groups excluding carboxylic acids is 1. The lowest BCUT2D eigenvalue weighted by Gasteiger charge is -2.11. The van der Waals surface area contributed by atoms with E-state index in [2.05, 4.69) is 9.88 Å². The molecule has 0 aromatic carbocycles. The molecule has 0 aliphatic carbocycles. The summed E-state index contributed by atoms with van der Waals surface area (Å²) in [5.74, 6) is 0.490. The molecule has 1 saturated heterocycles. The highest BCUT2D eigenvalue weighted by Gasteiger charge is 2.20. The van der Waals surface area contributed by atoms with Crippen LogP contribution in [0.1, 0.15) is 35.9 Å². The second-order valence-electron chi connectivity index (χ2n) is 3.68. The fourth-order valence-electron chi connectivity index (χ4n) is 1.72. The molecule has 2 rings (SSSR count).